The van der Waals surface area contributed by atoms with Crippen molar-refractivity contribution < 1.29 is 23.1 Å². The molecule has 0 saturated carbocycles. The van der Waals surface area contributed by atoms with Crippen LogP contribution in [-0.2, 0) is 17.4 Å². The predicted octanol–water partition coefficient (Wildman–Crippen LogP) is 3.91. The smallest absolute Gasteiger partial charge is 0.416 e. The highest BCUT2D eigenvalue weighted by Gasteiger charge is 2.31. The molecule has 0 saturated heterocycles. The van der Waals surface area contributed by atoms with Crippen LogP contribution in [0.1, 0.15) is 22.5 Å². The zero-order valence-electron chi connectivity index (χ0n) is 18.1. The molecule has 0 atom stereocenters. The van der Waals surface area contributed by atoms with Gasteiger partial charge in [0.15, 0.2) is 0 Å². The molecular weight excluding hydrogens is 463 g/mol. The second-order valence-corrected chi connectivity index (χ2v) is 7.54. The second-order valence-electron chi connectivity index (χ2n) is 7.54. The number of alkyl halides is 3. The Morgan fingerprint density at radius 1 is 1.11 bits per heavy atom. The van der Waals surface area contributed by atoms with Crippen molar-refractivity contribution in [1.82, 2.24) is 19.3 Å². The Morgan fingerprint density at radius 2 is 1.83 bits per heavy atom. The number of nitrogens with zero attached hydrogens (tertiary/aromatic N) is 5. The van der Waals surface area contributed by atoms with Crippen molar-refractivity contribution in [2.24, 2.45) is 0 Å². The molecule has 176 valence electrons. The van der Waals surface area contributed by atoms with Crippen LogP contribution in [0.4, 0.5) is 13.2 Å². The highest BCUT2D eigenvalue weighted by atomic mass is 19.4. The van der Waals surface area contributed by atoms with Crippen LogP contribution >= 0.6 is 0 Å². The zero-order chi connectivity index (χ0) is 25.3. The van der Waals surface area contributed by atoms with Gasteiger partial charge in [0.25, 0.3) is 5.56 Å². The van der Waals surface area contributed by atoms with E-state index in [1.165, 1.54) is 29.9 Å². The number of carbonyl (C=O) groups is 1. The van der Waals surface area contributed by atoms with Crippen LogP contribution in [0.2, 0.25) is 0 Å². The molecule has 0 unspecified atom stereocenters. The van der Waals surface area contributed by atoms with Crippen molar-refractivity contribution in [1.29, 1.82) is 5.26 Å². The average molecular weight is 479 g/mol. The summed E-state index contributed by atoms with van der Waals surface area (Å²) in [5.74, 6) is -1.32. The summed E-state index contributed by atoms with van der Waals surface area (Å²) in [5.41, 5.74) is -0.497. The molecule has 35 heavy (non-hydrogen) atoms. The van der Waals surface area contributed by atoms with Crippen LogP contribution < -0.4 is 5.56 Å². The highest BCUT2D eigenvalue weighted by molar-refractivity contribution is 5.70. The van der Waals surface area contributed by atoms with Gasteiger partial charge in [0.1, 0.15) is 11.4 Å². The van der Waals surface area contributed by atoms with Gasteiger partial charge >= 0.3 is 12.1 Å². The molecule has 2 aromatic heterocycles. The molecule has 0 fully saturated rings. The monoisotopic (exact) mass is 479 g/mol. The van der Waals surface area contributed by atoms with Crippen molar-refractivity contribution in [3.8, 4) is 28.8 Å². The molecule has 2 aromatic carbocycles. The number of nitriles is 1. The third-order valence-electron chi connectivity index (χ3n) is 5.25. The van der Waals surface area contributed by atoms with Crippen LogP contribution in [0.25, 0.3) is 22.8 Å². The molecule has 2 heterocycles. The van der Waals surface area contributed by atoms with Crippen molar-refractivity contribution >= 4 is 5.97 Å². The number of halogens is 3. The van der Waals surface area contributed by atoms with Gasteiger partial charge in [-0.1, -0.05) is 6.07 Å². The molecular formula is C24H16F3N5O3. The van der Waals surface area contributed by atoms with E-state index in [-0.39, 0.29) is 22.8 Å². The topological polar surface area (TPSA) is 114 Å². The number of aliphatic carboxylic acids is 1. The first-order chi connectivity index (χ1) is 16.6. The van der Waals surface area contributed by atoms with Crippen LogP contribution in [0.5, 0.6) is 0 Å². The largest absolute Gasteiger partial charge is 0.481 e. The number of benzene rings is 2. The van der Waals surface area contributed by atoms with Gasteiger partial charge in [0.2, 0.25) is 0 Å². The molecule has 8 nitrogen and oxygen atoms in total. The SMILES string of the molecule is Cc1c(-c2ccnn2-c2ccc(C#N)cc2)nc(CC(=O)O)c(=O)n1-c1cccc(C(F)(F)F)c1. The first-order valence-corrected chi connectivity index (χ1v) is 10.2. The minimum Gasteiger partial charge on any atom is -0.481 e. The molecule has 4 aromatic rings. The fourth-order valence-electron chi connectivity index (χ4n) is 3.65. The lowest BCUT2D eigenvalue weighted by Crippen LogP contribution is -2.29. The summed E-state index contributed by atoms with van der Waals surface area (Å²) >= 11 is 0. The zero-order valence-corrected chi connectivity index (χ0v) is 18.1. The molecule has 0 amide bonds. The van der Waals surface area contributed by atoms with Crippen molar-refractivity contribution in [2.75, 3.05) is 0 Å². The van der Waals surface area contributed by atoms with E-state index in [9.17, 15) is 27.9 Å². The predicted molar refractivity (Wildman–Crippen MR) is 118 cm³/mol. The molecule has 0 spiro atoms. The Labute approximate surface area is 196 Å². The Balaban J connectivity index is 1.97. The molecule has 11 heteroatoms. The van der Waals surface area contributed by atoms with Crippen LogP contribution in [0.15, 0.2) is 65.6 Å². The Bertz CT molecular complexity index is 1530. The fraction of sp³-hybridized carbons (Fsp3) is 0.125. The molecule has 1 N–H and O–H groups in total. The third-order valence-corrected chi connectivity index (χ3v) is 5.25. The van der Waals surface area contributed by atoms with E-state index in [0.29, 0.717) is 16.9 Å². The normalized spacial score (nSPS) is 11.3. The summed E-state index contributed by atoms with van der Waals surface area (Å²) < 4.78 is 42.5. The van der Waals surface area contributed by atoms with Gasteiger partial charge in [-0.2, -0.15) is 23.5 Å². The summed E-state index contributed by atoms with van der Waals surface area (Å²) in [4.78, 5) is 28.8. The van der Waals surface area contributed by atoms with Gasteiger partial charge in [-0.25, -0.2) is 9.67 Å². The quantitative estimate of drug-likeness (QED) is 0.464. The lowest BCUT2D eigenvalue weighted by Gasteiger charge is -2.17. The molecule has 4 rings (SSSR count). The molecule has 0 radical (unpaired) electrons. The van der Waals surface area contributed by atoms with E-state index in [4.69, 9.17) is 5.26 Å². The number of hydrogen-bond donors (Lipinski definition) is 1. The van der Waals surface area contributed by atoms with Crippen LogP contribution in [0.3, 0.4) is 0 Å². The van der Waals surface area contributed by atoms with E-state index in [1.54, 1.807) is 30.3 Å². The highest BCUT2D eigenvalue weighted by Crippen LogP contribution is 2.31. The first kappa shape index (κ1) is 23.4. The Hall–Kier alpha value is -4.72. The van der Waals surface area contributed by atoms with Crippen molar-refractivity contribution in [3.63, 3.8) is 0 Å². The molecule has 0 aliphatic carbocycles. The van der Waals surface area contributed by atoms with E-state index < -0.39 is 29.7 Å². The van der Waals surface area contributed by atoms with Gasteiger partial charge < -0.3 is 5.11 Å². The van der Waals surface area contributed by atoms with Crippen molar-refractivity contribution in [3.05, 3.63) is 93.7 Å². The van der Waals surface area contributed by atoms with Gasteiger partial charge in [0, 0.05) is 5.69 Å². The number of hydrogen-bond acceptors (Lipinski definition) is 5. The van der Waals surface area contributed by atoms with Crippen LogP contribution in [0, 0.1) is 18.3 Å². The Morgan fingerprint density at radius 3 is 2.46 bits per heavy atom. The van der Waals surface area contributed by atoms with Crippen LogP contribution in [-0.4, -0.2) is 30.4 Å². The Kier molecular flexibility index (Phi) is 5.96. The van der Waals surface area contributed by atoms with E-state index >= 15 is 0 Å². The summed E-state index contributed by atoms with van der Waals surface area (Å²) in [6.45, 7) is 1.50. The van der Waals surface area contributed by atoms with Gasteiger partial charge in [-0.3, -0.25) is 14.2 Å². The third kappa shape index (κ3) is 4.54. The number of rotatable bonds is 5. The minimum atomic E-state index is -4.64. The first-order valence-electron chi connectivity index (χ1n) is 10.2. The van der Waals surface area contributed by atoms with Gasteiger partial charge in [0.05, 0.1) is 46.9 Å². The second kappa shape index (κ2) is 8.90. The maximum Gasteiger partial charge on any atom is 0.416 e. The van der Waals surface area contributed by atoms with E-state index in [2.05, 4.69) is 10.1 Å². The fourth-order valence-corrected chi connectivity index (χ4v) is 3.65. The summed E-state index contributed by atoms with van der Waals surface area (Å²) in [6.07, 6.45) is -3.90. The minimum absolute atomic E-state index is 0.0814. The number of aromatic nitrogens is 4. The van der Waals surface area contributed by atoms with E-state index in [1.807, 2.05) is 6.07 Å². The summed E-state index contributed by atoms with van der Waals surface area (Å²) in [5, 5.41) is 22.6. The standard InChI is InChI=1S/C24H16F3N5O3/c1-14-22(20-9-10-29-32(20)17-7-5-15(13-28)6-8-17)30-19(12-21(33)34)23(35)31(14)18-4-2-3-16(11-18)24(25,26)27/h2-11H,12H2,1H3,(H,33,34). The van der Waals surface area contributed by atoms with E-state index in [0.717, 1.165) is 16.7 Å². The average Bonchev–Trinajstić information content (AvgIpc) is 3.30. The lowest BCUT2D eigenvalue weighted by atomic mass is 10.1. The molecule has 0 aliphatic heterocycles. The van der Waals surface area contributed by atoms with Crippen molar-refractivity contribution in [2.45, 2.75) is 19.5 Å². The lowest BCUT2D eigenvalue weighted by molar-refractivity contribution is -0.138. The number of carboxylic acid groups (broad SMARTS) is 1. The maximum atomic E-state index is 13.3. The van der Waals surface area contributed by atoms with Gasteiger partial charge in [-0.15, -0.1) is 0 Å². The summed E-state index contributed by atoms with van der Waals surface area (Å²) in [7, 11) is 0. The summed E-state index contributed by atoms with van der Waals surface area (Å²) in [6, 6.07) is 14.2. The maximum absolute atomic E-state index is 13.3. The van der Waals surface area contributed by atoms with Gasteiger partial charge in [-0.05, 0) is 55.5 Å². The molecule has 0 bridgehead atoms. The molecule has 0 aliphatic rings. The number of carboxylic acids is 1.